The van der Waals surface area contributed by atoms with E-state index in [0.717, 1.165) is 17.7 Å². The number of imidazole rings is 1. The number of hydrogen-bond donors (Lipinski definition) is 2. The minimum absolute atomic E-state index is 0.212. The van der Waals surface area contributed by atoms with Gasteiger partial charge in [0.25, 0.3) is 0 Å². The molecule has 3 N–H and O–H groups in total. The standard InChI is InChI=1S/C24H21F3N8/c1-2-34-21-19(20(28)32-22(33-21)29-12-15-7-4-3-5-8-15)31-23(34)35-14-17(13-30-35)16-9-6-10-18(11-16)24(25,26)27/h3-11,13-14H,2,12H2,1H3,(H3,28,29,32,33). The summed E-state index contributed by atoms with van der Waals surface area (Å²) >= 11 is 0. The topological polar surface area (TPSA) is 99.5 Å². The first-order valence-corrected chi connectivity index (χ1v) is 10.9. The van der Waals surface area contributed by atoms with Crippen LogP contribution in [0.4, 0.5) is 24.9 Å². The molecule has 5 aromatic rings. The molecule has 0 saturated heterocycles. The van der Waals surface area contributed by atoms with Crippen LogP contribution in [-0.2, 0) is 19.3 Å². The van der Waals surface area contributed by atoms with Crippen molar-refractivity contribution in [3.8, 4) is 17.1 Å². The van der Waals surface area contributed by atoms with E-state index in [1.165, 1.54) is 16.9 Å². The predicted molar refractivity (Wildman–Crippen MR) is 127 cm³/mol. The molecule has 0 aliphatic rings. The molecule has 0 aliphatic carbocycles. The minimum atomic E-state index is -4.43. The van der Waals surface area contributed by atoms with Crippen LogP contribution in [-0.4, -0.2) is 29.3 Å². The van der Waals surface area contributed by atoms with Crippen LogP contribution in [0.1, 0.15) is 18.1 Å². The second kappa shape index (κ2) is 8.75. The van der Waals surface area contributed by atoms with Gasteiger partial charge in [-0.25, -0.2) is 9.67 Å². The van der Waals surface area contributed by atoms with E-state index >= 15 is 0 Å². The smallest absolute Gasteiger partial charge is 0.382 e. The summed E-state index contributed by atoms with van der Waals surface area (Å²) in [6, 6.07) is 14.9. The summed E-state index contributed by atoms with van der Waals surface area (Å²) in [6.07, 6.45) is -1.30. The molecule has 0 unspecified atom stereocenters. The number of nitrogen functional groups attached to an aromatic ring is 1. The van der Waals surface area contributed by atoms with E-state index in [2.05, 4.69) is 25.4 Å². The van der Waals surface area contributed by atoms with E-state index in [9.17, 15) is 13.2 Å². The third-order valence-electron chi connectivity index (χ3n) is 5.52. The first kappa shape index (κ1) is 22.4. The number of rotatable bonds is 6. The number of nitrogens with two attached hydrogens (primary N) is 1. The Morgan fingerprint density at radius 1 is 0.971 bits per heavy atom. The number of alkyl halides is 3. The van der Waals surface area contributed by atoms with Crippen molar-refractivity contribution in [3.63, 3.8) is 0 Å². The van der Waals surface area contributed by atoms with Crippen molar-refractivity contribution in [2.45, 2.75) is 26.2 Å². The van der Waals surface area contributed by atoms with E-state index in [0.29, 0.717) is 47.3 Å². The minimum Gasteiger partial charge on any atom is -0.382 e. The Bertz CT molecular complexity index is 1490. The fourth-order valence-electron chi connectivity index (χ4n) is 3.79. The van der Waals surface area contributed by atoms with Crippen LogP contribution in [0.2, 0.25) is 0 Å². The van der Waals surface area contributed by atoms with Crippen molar-refractivity contribution in [1.82, 2.24) is 29.3 Å². The number of anilines is 2. The fourth-order valence-corrected chi connectivity index (χ4v) is 3.79. The van der Waals surface area contributed by atoms with Gasteiger partial charge in [0.05, 0.1) is 11.8 Å². The highest BCUT2D eigenvalue weighted by Crippen LogP contribution is 2.32. The highest BCUT2D eigenvalue weighted by atomic mass is 19.4. The zero-order valence-corrected chi connectivity index (χ0v) is 18.7. The highest BCUT2D eigenvalue weighted by molar-refractivity contribution is 5.84. The molecule has 2 aromatic carbocycles. The Hall–Kier alpha value is -4.41. The van der Waals surface area contributed by atoms with Gasteiger partial charge in [-0.1, -0.05) is 42.5 Å². The van der Waals surface area contributed by atoms with Crippen molar-refractivity contribution < 1.29 is 13.2 Å². The molecule has 0 bridgehead atoms. The van der Waals surface area contributed by atoms with E-state index < -0.39 is 11.7 Å². The number of nitrogens with one attached hydrogen (secondary N) is 1. The van der Waals surface area contributed by atoms with Crippen LogP contribution in [0, 0.1) is 0 Å². The highest BCUT2D eigenvalue weighted by Gasteiger charge is 2.30. The van der Waals surface area contributed by atoms with Gasteiger partial charge in [0, 0.05) is 24.8 Å². The van der Waals surface area contributed by atoms with Crippen molar-refractivity contribution in [3.05, 3.63) is 78.1 Å². The number of benzene rings is 2. The molecule has 0 atom stereocenters. The summed E-state index contributed by atoms with van der Waals surface area (Å²) in [7, 11) is 0. The average Bonchev–Trinajstić information content (AvgIpc) is 3.48. The molecule has 35 heavy (non-hydrogen) atoms. The maximum Gasteiger partial charge on any atom is 0.416 e. The molecule has 5 rings (SSSR count). The number of fused-ring (bicyclic) bond motifs is 1. The van der Waals surface area contributed by atoms with Crippen molar-refractivity contribution in [2.75, 3.05) is 11.1 Å². The first-order chi connectivity index (χ1) is 16.8. The first-order valence-electron chi connectivity index (χ1n) is 10.9. The quantitative estimate of drug-likeness (QED) is 0.360. The SMILES string of the molecule is CCn1c(-n2cc(-c3cccc(C(F)(F)F)c3)cn2)nc2c(N)nc(NCc3ccccc3)nc21. The molecule has 178 valence electrons. The van der Waals surface area contributed by atoms with E-state index in [1.54, 1.807) is 12.3 Å². The van der Waals surface area contributed by atoms with Gasteiger partial charge in [-0.3, -0.25) is 4.57 Å². The molecule has 3 aromatic heterocycles. The van der Waals surface area contributed by atoms with E-state index in [4.69, 9.17) is 5.73 Å². The summed E-state index contributed by atoms with van der Waals surface area (Å²) in [5, 5.41) is 7.51. The molecule has 0 radical (unpaired) electrons. The lowest BCUT2D eigenvalue weighted by Crippen LogP contribution is -2.08. The van der Waals surface area contributed by atoms with Crippen LogP contribution < -0.4 is 11.1 Å². The third-order valence-corrected chi connectivity index (χ3v) is 5.52. The van der Waals surface area contributed by atoms with Crippen LogP contribution in [0.15, 0.2) is 67.0 Å². The summed E-state index contributed by atoms with van der Waals surface area (Å²) in [4.78, 5) is 13.5. The Morgan fingerprint density at radius 2 is 1.77 bits per heavy atom. The normalized spacial score (nSPS) is 11.8. The fraction of sp³-hybridized carbons (Fsp3) is 0.167. The molecule has 0 aliphatic heterocycles. The molecule has 0 fully saturated rings. The van der Waals surface area contributed by atoms with E-state index in [-0.39, 0.29) is 5.82 Å². The second-order valence-electron chi connectivity index (χ2n) is 7.85. The maximum atomic E-state index is 13.1. The summed E-state index contributed by atoms with van der Waals surface area (Å²) in [5.74, 6) is 1.01. The molecule has 8 nitrogen and oxygen atoms in total. The van der Waals surface area contributed by atoms with Crippen LogP contribution in [0.3, 0.4) is 0 Å². The average molecular weight is 478 g/mol. The van der Waals surface area contributed by atoms with Gasteiger partial charge in [0.1, 0.15) is 0 Å². The van der Waals surface area contributed by atoms with Crippen molar-refractivity contribution >= 4 is 22.9 Å². The predicted octanol–water partition coefficient (Wildman–Crippen LogP) is 4.91. The van der Waals surface area contributed by atoms with Crippen molar-refractivity contribution in [1.29, 1.82) is 0 Å². The summed E-state index contributed by atoms with van der Waals surface area (Å²) in [6.45, 7) is 2.97. The zero-order chi connectivity index (χ0) is 24.6. The lowest BCUT2D eigenvalue weighted by molar-refractivity contribution is -0.137. The van der Waals surface area contributed by atoms with E-state index in [1.807, 2.05) is 41.8 Å². The van der Waals surface area contributed by atoms with Gasteiger partial charge in [0.2, 0.25) is 11.9 Å². The summed E-state index contributed by atoms with van der Waals surface area (Å²) in [5.41, 5.74) is 8.41. The van der Waals surface area contributed by atoms with Crippen LogP contribution >= 0.6 is 0 Å². The zero-order valence-electron chi connectivity index (χ0n) is 18.7. The van der Waals surface area contributed by atoms with Gasteiger partial charge in [-0.15, -0.1) is 0 Å². The number of hydrogen-bond acceptors (Lipinski definition) is 6. The van der Waals surface area contributed by atoms with Crippen LogP contribution in [0.25, 0.3) is 28.2 Å². The van der Waals surface area contributed by atoms with Gasteiger partial charge in [0.15, 0.2) is 17.0 Å². The largest absolute Gasteiger partial charge is 0.416 e. The maximum absolute atomic E-state index is 13.1. The van der Waals surface area contributed by atoms with Gasteiger partial charge in [-0.05, 0) is 30.2 Å². The molecule has 0 saturated carbocycles. The molecular weight excluding hydrogens is 457 g/mol. The van der Waals surface area contributed by atoms with Gasteiger partial charge >= 0.3 is 6.18 Å². The molecule has 11 heteroatoms. The Kier molecular flexibility index (Phi) is 5.59. The molecular formula is C24H21F3N8. The van der Waals surface area contributed by atoms with Crippen LogP contribution in [0.5, 0.6) is 0 Å². The lowest BCUT2D eigenvalue weighted by Gasteiger charge is -2.08. The Morgan fingerprint density at radius 3 is 2.51 bits per heavy atom. The monoisotopic (exact) mass is 478 g/mol. The van der Waals surface area contributed by atoms with Gasteiger partial charge < -0.3 is 11.1 Å². The number of aryl methyl sites for hydroxylation is 1. The number of nitrogens with zero attached hydrogens (tertiary/aromatic N) is 6. The number of halogens is 3. The molecule has 3 heterocycles. The molecule has 0 spiro atoms. The summed E-state index contributed by atoms with van der Waals surface area (Å²) < 4.78 is 42.7. The third kappa shape index (κ3) is 4.39. The Balaban J connectivity index is 1.49. The number of aromatic nitrogens is 6. The Labute approximate surface area is 198 Å². The van der Waals surface area contributed by atoms with Gasteiger partial charge in [-0.2, -0.15) is 28.2 Å². The van der Waals surface area contributed by atoms with Crippen molar-refractivity contribution in [2.24, 2.45) is 0 Å². The molecule has 0 amide bonds. The lowest BCUT2D eigenvalue weighted by atomic mass is 10.1. The second-order valence-corrected chi connectivity index (χ2v) is 7.85.